The van der Waals surface area contributed by atoms with Crippen LogP contribution in [-0.2, 0) is 16.1 Å². The molecule has 27 heavy (non-hydrogen) atoms. The van der Waals surface area contributed by atoms with Gasteiger partial charge in [-0.05, 0) is 25.5 Å². The lowest BCUT2D eigenvalue weighted by Gasteiger charge is -2.37. The first-order valence-electron chi connectivity index (χ1n) is 9.06. The number of carbonyl (C=O) groups is 2. The highest BCUT2D eigenvalue weighted by atomic mass is 35.5. The Balaban J connectivity index is 0.00000364. The Hall–Kier alpha value is -1.70. The topological polar surface area (TPSA) is 64.1 Å². The van der Waals surface area contributed by atoms with Crippen LogP contribution >= 0.6 is 12.4 Å². The molecule has 0 atom stereocenters. The standard InChI is InChI=1S/C19H28FN3O3.ClH/c1-3-23(14-19(25)26)16-8-10-22(11-9-16)13-18(24)21(2)12-15-6-4-5-7-17(15)20;/h4-7,16H,3,8-14H2,1-2H3,(H,25,26);1H. The average Bonchev–Trinajstić information content (AvgIpc) is 2.62. The van der Waals surface area contributed by atoms with Crippen LogP contribution in [0.4, 0.5) is 4.39 Å². The van der Waals surface area contributed by atoms with Crippen molar-refractivity contribution in [3.63, 3.8) is 0 Å². The third kappa shape index (κ3) is 7.08. The molecule has 1 N–H and O–H groups in total. The summed E-state index contributed by atoms with van der Waals surface area (Å²) in [5.41, 5.74) is 0.509. The summed E-state index contributed by atoms with van der Waals surface area (Å²) in [6.45, 7) is 4.83. The Morgan fingerprint density at radius 2 is 1.89 bits per heavy atom. The van der Waals surface area contributed by atoms with Gasteiger partial charge < -0.3 is 10.0 Å². The molecule has 8 heteroatoms. The summed E-state index contributed by atoms with van der Waals surface area (Å²) in [5, 5.41) is 8.99. The first kappa shape index (κ1) is 23.3. The van der Waals surface area contributed by atoms with Crippen LogP contribution in [0, 0.1) is 5.82 Å². The number of carbonyl (C=O) groups excluding carboxylic acids is 1. The van der Waals surface area contributed by atoms with Crippen molar-refractivity contribution < 1.29 is 19.1 Å². The number of amides is 1. The fourth-order valence-electron chi connectivity index (χ4n) is 3.40. The molecule has 1 aromatic rings. The second-order valence-corrected chi connectivity index (χ2v) is 6.81. The molecular weight excluding hydrogens is 373 g/mol. The van der Waals surface area contributed by atoms with E-state index in [9.17, 15) is 14.0 Å². The van der Waals surface area contributed by atoms with Crippen LogP contribution in [0.15, 0.2) is 24.3 Å². The largest absolute Gasteiger partial charge is 0.480 e. The van der Waals surface area contributed by atoms with E-state index in [0.29, 0.717) is 18.7 Å². The number of hydrogen-bond donors (Lipinski definition) is 1. The van der Waals surface area contributed by atoms with Gasteiger partial charge in [0.15, 0.2) is 0 Å². The zero-order chi connectivity index (χ0) is 19.1. The van der Waals surface area contributed by atoms with Crippen molar-refractivity contribution in [1.29, 1.82) is 0 Å². The summed E-state index contributed by atoms with van der Waals surface area (Å²) in [4.78, 5) is 29.0. The van der Waals surface area contributed by atoms with Gasteiger partial charge in [-0.1, -0.05) is 25.1 Å². The molecule has 6 nitrogen and oxygen atoms in total. The maximum Gasteiger partial charge on any atom is 0.317 e. The Bertz CT molecular complexity index is 624. The molecule has 1 saturated heterocycles. The second kappa shape index (κ2) is 11.2. The van der Waals surface area contributed by atoms with E-state index < -0.39 is 5.97 Å². The lowest BCUT2D eigenvalue weighted by Crippen LogP contribution is -2.48. The van der Waals surface area contributed by atoms with E-state index in [1.165, 1.54) is 6.07 Å². The quantitative estimate of drug-likeness (QED) is 0.722. The third-order valence-corrected chi connectivity index (χ3v) is 4.97. The molecule has 0 radical (unpaired) electrons. The highest BCUT2D eigenvalue weighted by Crippen LogP contribution is 2.17. The first-order chi connectivity index (χ1) is 12.4. The van der Waals surface area contributed by atoms with Crippen LogP contribution in [0.1, 0.15) is 25.3 Å². The highest BCUT2D eigenvalue weighted by molar-refractivity contribution is 5.85. The van der Waals surface area contributed by atoms with Gasteiger partial charge in [0, 0.05) is 38.3 Å². The fourth-order valence-corrected chi connectivity index (χ4v) is 3.40. The molecule has 1 aliphatic rings. The fraction of sp³-hybridized carbons (Fsp3) is 0.579. The smallest absolute Gasteiger partial charge is 0.317 e. The number of hydrogen-bond acceptors (Lipinski definition) is 4. The van der Waals surface area contributed by atoms with Crippen LogP contribution < -0.4 is 0 Å². The molecule has 2 rings (SSSR count). The maximum atomic E-state index is 13.7. The molecule has 0 bridgehead atoms. The van der Waals surface area contributed by atoms with Gasteiger partial charge >= 0.3 is 5.97 Å². The van der Waals surface area contributed by atoms with Gasteiger partial charge in [0.1, 0.15) is 5.82 Å². The molecular formula is C19H29ClFN3O3. The zero-order valence-corrected chi connectivity index (χ0v) is 16.8. The number of nitrogens with zero attached hydrogens (tertiary/aromatic N) is 3. The van der Waals surface area contributed by atoms with Crippen LogP contribution in [-0.4, -0.2) is 77.5 Å². The van der Waals surface area contributed by atoms with E-state index in [1.54, 1.807) is 30.1 Å². The van der Waals surface area contributed by atoms with Gasteiger partial charge in [0.05, 0.1) is 13.1 Å². The van der Waals surface area contributed by atoms with E-state index >= 15 is 0 Å². The SMILES string of the molecule is CCN(CC(=O)O)C1CCN(CC(=O)N(C)Cc2ccccc2F)CC1.Cl. The normalized spacial score (nSPS) is 15.4. The van der Waals surface area contributed by atoms with Crippen LogP contribution in [0.25, 0.3) is 0 Å². The van der Waals surface area contributed by atoms with Crippen LogP contribution in [0.2, 0.25) is 0 Å². The van der Waals surface area contributed by atoms with E-state index in [0.717, 1.165) is 25.9 Å². The molecule has 1 fully saturated rings. The number of halogens is 2. The molecule has 1 heterocycles. The van der Waals surface area contributed by atoms with Crippen molar-refractivity contribution >= 4 is 24.3 Å². The molecule has 1 aromatic carbocycles. The van der Waals surface area contributed by atoms with Crippen molar-refractivity contribution in [3.05, 3.63) is 35.6 Å². The molecule has 0 aromatic heterocycles. The van der Waals surface area contributed by atoms with Crippen molar-refractivity contribution in [2.24, 2.45) is 0 Å². The molecule has 152 valence electrons. The Kier molecular flexibility index (Phi) is 9.69. The van der Waals surface area contributed by atoms with Crippen molar-refractivity contribution in [3.8, 4) is 0 Å². The zero-order valence-electron chi connectivity index (χ0n) is 15.9. The van der Waals surface area contributed by atoms with Crippen molar-refractivity contribution in [2.45, 2.75) is 32.4 Å². The molecule has 0 aliphatic carbocycles. The molecule has 0 unspecified atom stereocenters. The summed E-state index contributed by atoms with van der Waals surface area (Å²) in [5.74, 6) is -1.14. The van der Waals surface area contributed by atoms with E-state index in [-0.39, 0.29) is 43.3 Å². The Morgan fingerprint density at radius 3 is 2.44 bits per heavy atom. The predicted octanol–water partition coefficient (Wildman–Crippen LogP) is 2.08. The molecule has 0 spiro atoms. The number of aliphatic carboxylic acids is 1. The molecule has 0 saturated carbocycles. The highest BCUT2D eigenvalue weighted by Gasteiger charge is 2.26. The number of likely N-dealkylation sites (N-methyl/N-ethyl adjacent to an activating group) is 2. The van der Waals surface area contributed by atoms with E-state index in [4.69, 9.17) is 5.11 Å². The second-order valence-electron chi connectivity index (χ2n) is 6.81. The summed E-state index contributed by atoms with van der Waals surface area (Å²) in [6, 6.07) is 6.73. The van der Waals surface area contributed by atoms with Crippen molar-refractivity contribution in [1.82, 2.24) is 14.7 Å². The lowest BCUT2D eigenvalue weighted by atomic mass is 10.0. The summed E-state index contributed by atoms with van der Waals surface area (Å²) in [7, 11) is 1.69. The van der Waals surface area contributed by atoms with Gasteiger partial charge in [-0.3, -0.25) is 19.4 Å². The number of carboxylic acid groups (broad SMARTS) is 1. The number of likely N-dealkylation sites (tertiary alicyclic amines) is 1. The summed E-state index contributed by atoms with van der Waals surface area (Å²) >= 11 is 0. The molecule has 1 aliphatic heterocycles. The Labute approximate surface area is 166 Å². The van der Waals surface area contributed by atoms with E-state index in [1.807, 2.05) is 11.8 Å². The molecule has 1 amide bonds. The number of piperidine rings is 1. The average molecular weight is 402 g/mol. The van der Waals surface area contributed by atoms with Gasteiger partial charge in [-0.25, -0.2) is 4.39 Å². The third-order valence-electron chi connectivity index (χ3n) is 4.97. The van der Waals surface area contributed by atoms with Gasteiger partial charge in [-0.15, -0.1) is 12.4 Å². The van der Waals surface area contributed by atoms with Gasteiger partial charge in [0.25, 0.3) is 0 Å². The van der Waals surface area contributed by atoms with Gasteiger partial charge in [-0.2, -0.15) is 0 Å². The Morgan fingerprint density at radius 1 is 1.26 bits per heavy atom. The monoisotopic (exact) mass is 401 g/mol. The van der Waals surface area contributed by atoms with Gasteiger partial charge in [0.2, 0.25) is 5.91 Å². The first-order valence-corrected chi connectivity index (χ1v) is 9.06. The number of rotatable bonds is 8. The van der Waals surface area contributed by atoms with Crippen LogP contribution in [0.3, 0.4) is 0 Å². The van der Waals surface area contributed by atoms with Crippen LogP contribution in [0.5, 0.6) is 0 Å². The lowest BCUT2D eigenvalue weighted by molar-refractivity contribution is -0.139. The minimum atomic E-state index is -0.806. The number of carboxylic acids is 1. The maximum absolute atomic E-state index is 13.7. The van der Waals surface area contributed by atoms with E-state index in [2.05, 4.69) is 4.90 Å². The minimum absolute atomic E-state index is 0. The predicted molar refractivity (Wildman–Crippen MR) is 104 cm³/mol. The van der Waals surface area contributed by atoms with Crippen molar-refractivity contribution in [2.75, 3.05) is 39.8 Å². The minimum Gasteiger partial charge on any atom is -0.480 e. The summed E-state index contributed by atoms with van der Waals surface area (Å²) in [6.07, 6.45) is 1.71. The number of benzene rings is 1. The summed E-state index contributed by atoms with van der Waals surface area (Å²) < 4.78 is 13.7.